The Morgan fingerprint density at radius 2 is 1.61 bits per heavy atom. The molecular weight excluding hydrogens is 523 g/mol. The van der Waals surface area contributed by atoms with E-state index >= 15 is 0 Å². The normalized spacial score (nSPS) is 16.8. The van der Waals surface area contributed by atoms with Gasteiger partial charge >= 0.3 is 11.9 Å². The fourth-order valence-electron chi connectivity index (χ4n) is 4.91. The van der Waals surface area contributed by atoms with Crippen LogP contribution in [0.25, 0.3) is 0 Å². The molecular formula is C33H33FN2O5. The summed E-state index contributed by atoms with van der Waals surface area (Å²) in [4.78, 5) is 40.5. The van der Waals surface area contributed by atoms with Gasteiger partial charge in [-0.2, -0.15) is 0 Å². The Hall–Kier alpha value is -4.48. The van der Waals surface area contributed by atoms with Crippen molar-refractivity contribution < 1.29 is 28.2 Å². The second kappa shape index (κ2) is 13.2. The largest absolute Gasteiger partial charge is 0.458 e. The van der Waals surface area contributed by atoms with Crippen LogP contribution in [0, 0.1) is 23.6 Å². The van der Waals surface area contributed by atoms with Crippen LogP contribution in [-0.2, 0) is 19.1 Å². The van der Waals surface area contributed by atoms with Crippen LogP contribution in [0.2, 0.25) is 0 Å². The minimum Gasteiger partial charge on any atom is -0.458 e. The molecule has 0 aromatic heterocycles. The third kappa shape index (κ3) is 7.59. The summed E-state index contributed by atoms with van der Waals surface area (Å²) in [5.41, 5.74) is 3.14. The molecule has 0 radical (unpaired) electrons. The SMILES string of the molecule is CC(=O)Oc1ccc([C@@H]2C(CC[C@H](OC(C)=O)c3ccc(F)cc3)C(=O)N2c2ccc(C#CCN(C)C)cc2)cc1. The molecule has 41 heavy (non-hydrogen) atoms. The van der Waals surface area contributed by atoms with E-state index in [1.165, 1.54) is 26.0 Å². The number of anilines is 1. The highest BCUT2D eigenvalue weighted by molar-refractivity contribution is 6.03. The number of hydrogen-bond donors (Lipinski definition) is 0. The summed E-state index contributed by atoms with van der Waals surface area (Å²) in [6.45, 7) is 3.31. The Balaban J connectivity index is 1.58. The highest BCUT2D eigenvalue weighted by atomic mass is 19.1. The van der Waals surface area contributed by atoms with Gasteiger partial charge in [-0.25, -0.2) is 4.39 Å². The number of rotatable bonds is 9. The summed E-state index contributed by atoms with van der Waals surface area (Å²) < 4.78 is 24.2. The first-order valence-electron chi connectivity index (χ1n) is 13.4. The van der Waals surface area contributed by atoms with Crippen LogP contribution in [0.5, 0.6) is 5.75 Å². The smallest absolute Gasteiger partial charge is 0.308 e. The fraction of sp³-hybridized carbons (Fsp3) is 0.303. The Kier molecular flexibility index (Phi) is 9.53. The van der Waals surface area contributed by atoms with Gasteiger partial charge in [0.25, 0.3) is 0 Å². The number of carbonyl (C=O) groups excluding carboxylic acids is 3. The summed E-state index contributed by atoms with van der Waals surface area (Å²) >= 11 is 0. The number of ether oxygens (including phenoxy) is 2. The van der Waals surface area contributed by atoms with Gasteiger partial charge < -0.3 is 14.4 Å². The van der Waals surface area contributed by atoms with Crippen molar-refractivity contribution in [1.82, 2.24) is 4.90 Å². The van der Waals surface area contributed by atoms with Gasteiger partial charge in [-0.3, -0.25) is 19.3 Å². The first-order valence-corrected chi connectivity index (χ1v) is 13.4. The van der Waals surface area contributed by atoms with E-state index in [-0.39, 0.29) is 23.7 Å². The first-order chi connectivity index (χ1) is 19.6. The molecule has 3 atom stereocenters. The van der Waals surface area contributed by atoms with Crippen molar-refractivity contribution in [2.45, 2.75) is 38.8 Å². The van der Waals surface area contributed by atoms with Crippen molar-refractivity contribution in [3.63, 3.8) is 0 Å². The molecule has 1 saturated heterocycles. The number of halogens is 1. The highest BCUT2D eigenvalue weighted by Gasteiger charge is 2.48. The van der Waals surface area contributed by atoms with Crippen molar-refractivity contribution >= 4 is 23.5 Å². The Bertz CT molecular complexity index is 1440. The molecule has 1 fully saturated rings. The van der Waals surface area contributed by atoms with E-state index in [1.807, 2.05) is 55.4 Å². The van der Waals surface area contributed by atoms with Crippen molar-refractivity contribution in [2.24, 2.45) is 5.92 Å². The topological polar surface area (TPSA) is 76.1 Å². The summed E-state index contributed by atoms with van der Waals surface area (Å²) in [6.07, 6.45) is 0.217. The lowest BCUT2D eigenvalue weighted by Crippen LogP contribution is -2.55. The second-order valence-electron chi connectivity index (χ2n) is 10.2. The number of hydrogen-bond acceptors (Lipinski definition) is 6. The van der Waals surface area contributed by atoms with E-state index in [0.29, 0.717) is 30.7 Å². The summed E-state index contributed by atoms with van der Waals surface area (Å²) in [5, 5.41) is 0. The molecule has 0 N–H and O–H groups in total. The number of carbonyl (C=O) groups is 3. The van der Waals surface area contributed by atoms with Crippen molar-refractivity contribution in [1.29, 1.82) is 0 Å². The molecule has 212 valence electrons. The number of β-lactam (4-membered cyclic amide) rings is 1. The maximum Gasteiger partial charge on any atom is 0.308 e. The maximum atomic E-state index is 13.6. The molecule has 7 nitrogen and oxygen atoms in total. The highest BCUT2D eigenvalue weighted by Crippen LogP contribution is 2.46. The fourth-order valence-corrected chi connectivity index (χ4v) is 4.91. The van der Waals surface area contributed by atoms with Gasteiger partial charge in [0.1, 0.15) is 17.7 Å². The Morgan fingerprint density at radius 3 is 2.20 bits per heavy atom. The van der Waals surface area contributed by atoms with Gasteiger partial charge in [0.05, 0.1) is 18.5 Å². The Labute approximate surface area is 239 Å². The predicted octanol–water partition coefficient (Wildman–Crippen LogP) is 5.45. The molecule has 1 heterocycles. The summed E-state index contributed by atoms with van der Waals surface area (Å²) in [6, 6.07) is 20.2. The van der Waals surface area contributed by atoms with E-state index < -0.39 is 18.0 Å². The molecule has 0 spiro atoms. The zero-order chi connectivity index (χ0) is 29.5. The number of nitrogens with zero attached hydrogens (tertiary/aromatic N) is 2. The minimum absolute atomic E-state index is 0.0498. The van der Waals surface area contributed by atoms with Crippen molar-refractivity contribution in [2.75, 3.05) is 25.5 Å². The van der Waals surface area contributed by atoms with Crippen LogP contribution in [0.4, 0.5) is 10.1 Å². The van der Waals surface area contributed by atoms with Crippen molar-refractivity contribution in [3.05, 3.63) is 95.3 Å². The zero-order valence-corrected chi connectivity index (χ0v) is 23.6. The molecule has 1 aliphatic rings. The molecule has 0 bridgehead atoms. The molecule has 8 heteroatoms. The standard InChI is InChI=1S/C33H33FN2O5/c1-22(37)40-29-17-11-26(12-18-29)32-30(19-20-31(41-23(2)38)25-9-13-27(34)14-10-25)33(39)36(32)28-15-7-24(8-16-28)6-5-21-35(3)4/h7-18,30-32H,19-21H2,1-4H3/t30?,31-,32+/m0/s1. The molecule has 1 aliphatic heterocycles. The van der Waals surface area contributed by atoms with Gasteiger partial charge in [0.2, 0.25) is 5.91 Å². The van der Waals surface area contributed by atoms with Crippen LogP contribution in [-0.4, -0.2) is 43.4 Å². The van der Waals surface area contributed by atoms with E-state index in [2.05, 4.69) is 11.8 Å². The predicted molar refractivity (Wildman–Crippen MR) is 153 cm³/mol. The van der Waals surface area contributed by atoms with Crippen LogP contribution in [0.15, 0.2) is 72.8 Å². The monoisotopic (exact) mass is 556 g/mol. The van der Waals surface area contributed by atoms with Gasteiger partial charge in [0, 0.05) is 25.1 Å². The van der Waals surface area contributed by atoms with Gasteiger partial charge in [0.15, 0.2) is 0 Å². The lowest BCUT2D eigenvalue weighted by molar-refractivity contribution is -0.147. The van der Waals surface area contributed by atoms with Crippen LogP contribution < -0.4 is 9.64 Å². The van der Waals surface area contributed by atoms with E-state index in [9.17, 15) is 18.8 Å². The van der Waals surface area contributed by atoms with Gasteiger partial charge in [-0.05, 0) is 86.6 Å². The average Bonchev–Trinajstić information content (AvgIpc) is 2.92. The molecule has 4 rings (SSSR count). The third-order valence-corrected chi connectivity index (χ3v) is 6.76. The summed E-state index contributed by atoms with van der Waals surface area (Å²) in [5.74, 6) is 4.97. The molecule has 3 aromatic carbocycles. The van der Waals surface area contributed by atoms with E-state index in [0.717, 1.165) is 16.8 Å². The minimum atomic E-state index is -0.609. The molecule has 3 aromatic rings. The van der Waals surface area contributed by atoms with Gasteiger partial charge in [-0.1, -0.05) is 36.1 Å². The quantitative estimate of drug-likeness (QED) is 0.151. The third-order valence-electron chi connectivity index (χ3n) is 6.76. The number of amides is 1. The second-order valence-corrected chi connectivity index (χ2v) is 10.2. The van der Waals surface area contributed by atoms with Crippen LogP contribution >= 0.6 is 0 Å². The molecule has 1 unspecified atom stereocenters. The molecule has 0 aliphatic carbocycles. The average molecular weight is 557 g/mol. The molecule has 0 saturated carbocycles. The van der Waals surface area contributed by atoms with Gasteiger partial charge in [-0.15, -0.1) is 0 Å². The van der Waals surface area contributed by atoms with Crippen molar-refractivity contribution in [3.8, 4) is 17.6 Å². The first kappa shape index (κ1) is 29.5. The van der Waals surface area contributed by atoms with Crippen LogP contribution in [0.3, 0.4) is 0 Å². The maximum absolute atomic E-state index is 13.6. The zero-order valence-electron chi connectivity index (χ0n) is 23.6. The van der Waals surface area contributed by atoms with E-state index in [4.69, 9.17) is 9.47 Å². The van der Waals surface area contributed by atoms with E-state index in [1.54, 1.807) is 29.2 Å². The summed E-state index contributed by atoms with van der Waals surface area (Å²) in [7, 11) is 3.91. The molecule has 1 amide bonds. The lowest BCUT2D eigenvalue weighted by atomic mass is 9.78. The Morgan fingerprint density at radius 1 is 0.951 bits per heavy atom. The number of esters is 2. The lowest BCUT2D eigenvalue weighted by Gasteiger charge is -2.48. The van der Waals surface area contributed by atoms with Crippen LogP contribution in [0.1, 0.15) is 55.5 Å². The number of benzene rings is 3.